The molecule has 0 aliphatic carbocycles. The molecule has 3 aliphatic heterocycles. The fourth-order valence-electron chi connectivity index (χ4n) is 4.32. The fraction of sp³-hybridized carbons (Fsp3) is 0.348. The van der Waals surface area contributed by atoms with Crippen LogP contribution in [-0.4, -0.2) is 47.0 Å². The van der Waals surface area contributed by atoms with E-state index in [-0.39, 0.29) is 37.6 Å². The van der Waals surface area contributed by atoms with Crippen LogP contribution in [0.15, 0.2) is 42.5 Å². The molecule has 1 N–H and O–H groups in total. The molecule has 1 atom stereocenters. The molecule has 3 heterocycles. The number of urea groups is 1. The fourth-order valence-corrected chi connectivity index (χ4v) is 4.32. The van der Waals surface area contributed by atoms with Crippen molar-refractivity contribution < 1.29 is 23.9 Å². The number of fused-ring (bicyclic) bond motifs is 3. The van der Waals surface area contributed by atoms with Gasteiger partial charge in [-0.1, -0.05) is 30.3 Å². The number of benzene rings is 2. The van der Waals surface area contributed by atoms with Gasteiger partial charge in [0.1, 0.15) is 6.04 Å². The molecule has 3 aliphatic rings. The first kappa shape index (κ1) is 19.4. The first-order valence-electron chi connectivity index (χ1n) is 10.4. The highest BCUT2D eigenvalue weighted by Gasteiger charge is 2.46. The van der Waals surface area contributed by atoms with Crippen molar-refractivity contribution in [2.75, 3.05) is 13.3 Å². The Bertz CT molecular complexity index is 1010. The van der Waals surface area contributed by atoms with Crippen molar-refractivity contribution in [1.82, 2.24) is 15.1 Å². The monoisotopic (exact) mass is 421 g/mol. The van der Waals surface area contributed by atoms with E-state index in [0.717, 1.165) is 16.7 Å². The molecule has 0 bridgehead atoms. The Morgan fingerprint density at radius 2 is 1.87 bits per heavy atom. The molecule has 31 heavy (non-hydrogen) atoms. The van der Waals surface area contributed by atoms with Gasteiger partial charge >= 0.3 is 6.03 Å². The van der Waals surface area contributed by atoms with Crippen molar-refractivity contribution >= 4 is 17.8 Å². The number of nitrogens with zero attached hydrogens (tertiary/aromatic N) is 2. The zero-order valence-electron chi connectivity index (χ0n) is 17.0. The van der Waals surface area contributed by atoms with Crippen LogP contribution in [0.4, 0.5) is 4.79 Å². The van der Waals surface area contributed by atoms with E-state index in [4.69, 9.17) is 9.47 Å². The van der Waals surface area contributed by atoms with E-state index in [2.05, 4.69) is 5.32 Å². The summed E-state index contributed by atoms with van der Waals surface area (Å²) in [5.74, 6) is 1.09. The van der Waals surface area contributed by atoms with E-state index in [1.54, 1.807) is 4.90 Å². The van der Waals surface area contributed by atoms with Gasteiger partial charge in [-0.25, -0.2) is 4.79 Å². The van der Waals surface area contributed by atoms with Crippen LogP contribution >= 0.6 is 0 Å². The second kappa shape index (κ2) is 7.94. The van der Waals surface area contributed by atoms with Crippen molar-refractivity contribution in [2.45, 2.75) is 38.4 Å². The molecule has 8 heteroatoms. The predicted octanol–water partition coefficient (Wildman–Crippen LogP) is 2.20. The predicted molar refractivity (Wildman–Crippen MR) is 110 cm³/mol. The quantitative estimate of drug-likeness (QED) is 0.723. The lowest BCUT2D eigenvalue weighted by Gasteiger charge is -2.28. The Labute approximate surface area is 179 Å². The average molecular weight is 421 g/mol. The lowest BCUT2D eigenvalue weighted by atomic mass is 9.95. The maximum atomic E-state index is 12.8. The average Bonchev–Trinajstić information content (AvgIpc) is 3.34. The SMILES string of the molecule is O=C(CCCN1C(=O)[C@H]2Cc3ccccc3CN2C1=O)NCc1ccc2c(c1)OCO2. The van der Waals surface area contributed by atoms with Gasteiger partial charge in [-0.2, -0.15) is 0 Å². The van der Waals surface area contributed by atoms with Crippen LogP contribution < -0.4 is 14.8 Å². The molecule has 160 valence electrons. The molecule has 0 aromatic heterocycles. The number of nitrogens with one attached hydrogen (secondary N) is 1. The molecule has 5 rings (SSSR count). The number of rotatable bonds is 6. The topological polar surface area (TPSA) is 88.2 Å². The molecule has 0 radical (unpaired) electrons. The molecule has 0 saturated carbocycles. The number of carbonyl (C=O) groups excluding carboxylic acids is 3. The highest BCUT2D eigenvalue weighted by atomic mass is 16.7. The van der Waals surface area contributed by atoms with Crippen LogP contribution in [0.25, 0.3) is 0 Å². The van der Waals surface area contributed by atoms with Gasteiger partial charge in [-0.05, 0) is 35.2 Å². The largest absolute Gasteiger partial charge is 0.454 e. The molecular weight excluding hydrogens is 398 g/mol. The number of hydrogen-bond donors (Lipinski definition) is 1. The second-order valence-corrected chi connectivity index (χ2v) is 7.96. The minimum Gasteiger partial charge on any atom is -0.454 e. The highest BCUT2D eigenvalue weighted by molar-refractivity contribution is 6.04. The summed E-state index contributed by atoms with van der Waals surface area (Å²) >= 11 is 0. The minimum atomic E-state index is -0.428. The first-order valence-corrected chi connectivity index (χ1v) is 10.4. The van der Waals surface area contributed by atoms with E-state index < -0.39 is 6.04 Å². The van der Waals surface area contributed by atoms with E-state index in [9.17, 15) is 14.4 Å². The summed E-state index contributed by atoms with van der Waals surface area (Å²) in [6.07, 6.45) is 1.22. The lowest BCUT2D eigenvalue weighted by molar-refractivity contribution is -0.129. The number of carbonyl (C=O) groups is 3. The third kappa shape index (κ3) is 3.69. The standard InChI is InChI=1S/C23H23N3O5/c27-21(24-12-15-7-8-19-20(10-15)31-14-30-19)6-3-9-25-22(28)18-11-16-4-1-2-5-17(16)13-26(18)23(25)29/h1-2,4-5,7-8,10,18H,3,6,9,11-14H2,(H,24,27)/t18-/m1/s1. The van der Waals surface area contributed by atoms with Gasteiger partial charge in [0, 0.05) is 32.5 Å². The summed E-state index contributed by atoms with van der Waals surface area (Å²) in [5, 5.41) is 2.87. The Morgan fingerprint density at radius 3 is 2.74 bits per heavy atom. The van der Waals surface area contributed by atoms with Gasteiger partial charge in [0.2, 0.25) is 12.7 Å². The number of amides is 4. The normalized spacial score (nSPS) is 18.8. The molecular formula is C23H23N3O5. The van der Waals surface area contributed by atoms with Crippen LogP contribution in [0, 0.1) is 0 Å². The van der Waals surface area contributed by atoms with Gasteiger partial charge in [0.15, 0.2) is 11.5 Å². The van der Waals surface area contributed by atoms with Crippen LogP contribution in [0.3, 0.4) is 0 Å². The van der Waals surface area contributed by atoms with Crippen LogP contribution in [0.2, 0.25) is 0 Å². The van der Waals surface area contributed by atoms with Crippen molar-refractivity contribution in [3.05, 3.63) is 59.2 Å². The number of hydrogen-bond acceptors (Lipinski definition) is 5. The van der Waals surface area contributed by atoms with Crippen LogP contribution in [0.5, 0.6) is 11.5 Å². The molecule has 4 amide bonds. The van der Waals surface area contributed by atoms with E-state index >= 15 is 0 Å². The first-order chi connectivity index (χ1) is 15.1. The Kier molecular flexibility index (Phi) is 4.97. The number of imide groups is 1. The molecule has 2 aromatic carbocycles. The highest BCUT2D eigenvalue weighted by Crippen LogP contribution is 2.32. The maximum Gasteiger partial charge on any atom is 0.327 e. The Hall–Kier alpha value is -3.55. The van der Waals surface area contributed by atoms with Gasteiger partial charge in [-0.3, -0.25) is 14.5 Å². The van der Waals surface area contributed by atoms with E-state index in [1.807, 2.05) is 42.5 Å². The molecule has 1 fully saturated rings. The minimum absolute atomic E-state index is 0.123. The molecule has 8 nitrogen and oxygen atoms in total. The zero-order chi connectivity index (χ0) is 21.4. The van der Waals surface area contributed by atoms with E-state index in [1.165, 1.54) is 4.90 Å². The molecule has 2 aromatic rings. The summed E-state index contributed by atoms with van der Waals surface area (Å²) < 4.78 is 10.6. The lowest BCUT2D eigenvalue weighted by Crippen LogP contribution is -2.39. The summed E-state index contributed by atoms with van der Waals surface area (Å²) in [6.45, 7) is 1.30. The molecule has 0 unspecified atom stereocenters. The zero-order valence-corrected chi connectivity index (χ0v) is 17.0. The van der Waals surface area contributed by atoms with Crippen molar-refractivity contribution in [2.24, 2.45) is 0 Å². The third-order valence-electron chi connectivity index (χ3n) is 5.99. The van der Waals surface area contributed by atoms with E-state index in [0.29, 0.717) is 37.4 Å². The second-order valence-electron chi connectivity index (χ2n) is 7.96. The summed E-state index contributed by atoms with van der Waals surface area (Å²) in [5.41, 5.74) is 3.12. The van der Waals surface area contributed by atoms with Gasteiger partial charge in [0.05, 0.1) is 0 Å². The summed E-state index contributed by atoms with van der Waals surface area (Å²) in [7, 11) is 0. The van der Waals surface area contributed by atoms with Gasteiger partial charge in [-0.15, -0.1) is 0 Å². The summed E-state index contributed by atoms with van der Waals surface area (Å²) in [4.78, 5) is 40.7. The maximum absolute atomic E-state index is 12.8. The molecule has 1 saturated heterocycles. The smallest absolute Gasteiger partial charge is 0.327 e. The number of ether oxygens (including phenoxy) is 2. The summed E-state index contributed by atoms with van der Waals surface area (Å²) in [6, 6.07) is 12.8. The van der Waals surface area contributed by atoms with Crippen molar-refractivity contribution in [1.29, 1.82) is 0 Å². The van der Waals surface area contributed by atoms with Gasteiger partial charge < -0.3 is 19.7 Å². The third-order valence-corrected chi connectivity index (χ3v) is 5.99. The van der Waals surface area contributed by atoms with Crippen molar-refractivity contribution in [3.8, 4) is 11.5 Å². The molecule has 0 spiro atoms. The van der Waals surface area contributed by atoms with Crippen LogP contribution in [-0.2, 0) is 29.1 Å². The van der Waals surface area contributed by atoms with Crippen LogP contribution in [0.1, 0.15) is 29.5 Å². The van der Waals surface area contributed by atoms with Crippen molar-refractivity contribution in [3.63, 3.8) is 0 Å². The van der Waals surface area contributed by atoms with Gasteiger partial charge in [0.25, 0.3) is 5.91 Å². The Morgan fingerprint density at radius 1 is 1.06 bits per heavy atom. The Balaban J connectivity index is 1.11.